The van der Waals surface area contributed by atoms with Crippen LogP contribution < -0.4 is 5.32 Å². The smallest absolute Gasteiger partial charge is 0.268 e. The molecule has 0 aliphatic heterocycles. The molecular weight excluding hydrogens is 358 g/mol. The zero-order chi connectivity index (χ0) is 16.7. The zero-order valence-corrected chi connectivity index (χ0v) is 13.9. The first kappa shape index (κ1) is 16.7. The van der Waals surface area contributed by atoms with Crippen LogP contribution in [-0.2, 0) is 9.63 Å². The Hall–Kier alpha value is -2.65. The van der Waals surface area contributed by atoms with Crippen molar-refractivity contribution in [1.82, 2.24) is 0 Å². The predicted molar refractivity (Wildman–Crippen MR) is 92.1 cm³/mol. The minimum atomic E-state index is -0.791. The second kappa shape index (κ2) is 8.11. The third kappa shape index (κ3) is 4.66. The van der Waals surface area contributed by atoms with Crippen LogP contribution in [0.3, 0.4) is 0 Å². The average Bonchev–Trinajstić information content (AvgIpc) is 2.57. The van der Waals surface area contributed by atoms with Gasteiger partial charge < -0.3 is 10.2 Å². The Morgan fingerprint density at radius 1 is 1.30 bits per heavy atom. The number of carbonyl (C=O) groups is 1. The minimum Gasteiger partial charge on any atom is -0.383 e. The fourth-order valence-corrected chi connectivity index (χ4v) is 2.12. The van der Waals surface area contributed by atoms with Crippen LogP contribution in [-0.4, -0.2) is 18.2 Å². The summed E-state index contributed by atoms with van der Waals surface area (Å²) in [6.07, 6.45) is 0.734. The van der Waals surface area contributed by atoms with Gasteiger partial charge in [0.2, 0.25) is 6.10 Å². The molecular formula is C17H14BrN3O2. The topological polar surface area (TPSA) is 74.5 Å². The lowest BCUT2D eigenvalue weighted by Gasteiger charge is -2.11. The van der Waals surface area contributed by atoms with Crippen LogP contribution in [0.4, 0.5) is 5.69 Å². The molecule has 1 amide bonds. The summed E-state index contributed by atoms with van der Waals surface area (Å²) in [6, 6.07) is 16.3. The monoisotopic (exact) mass is 371 g/mol. The van der Waals surface area contributed by atoms with Crippen LogP contribution in [0.2, 0.25) is 0 Å². The number of amides is 1. The maximum atomic E-state index is 12.1. The molecule has 0 heterocycles. The second-order valence-corrected chi connectivity index (χ2v) is 5.50. The van der Waals surface area contributed by atoms with Gasteiger partial charge in [-0.25, -0.2) is 0 Å². The lowest BCUT2D eigenvalue weighted by molar-refractivity contribution is -0.126. The summed E-state index contributed by atoms with van der Waals surface area (Å²) in [4.78, 5) is 17.2. The van der Waals surface area contributed by atoms with E-state index in [1.54, 1.807) is 31.2 Å². The second-order valence-electron chi connectivity index (χ2n) is 4.65. The quantitative estimate of drug-likeness (QED) is 0.643. The Balaban J connectivity index is 1.96. The highest BCUT2D eigenvalue weighted by Gasteiger charge is 2.15. The average molecular weight is 372 g/mol. The van der Waals surface area contributed by atoms with Crippen LogP contribution in [0.15, 0.2) is 58.2 Å². The van der Waals surface area contributed by atoms with Gasteiger partial charge >= 0.3 is 0 Å². The van der Waals surface area contributed by atoms with Gasteiger partial charge in [0.25, 0.3) is 5.91 Å². The van der Waals surface area contributed by atoms with E-state index in [0.29, 0.717) is 11.3 Å². The number of nitrogens with zero attached hydrogens (tertiary/aromatic N) is 2. The van der Waals surface area contributed by atoms with Crippen LogP contribution in [0.25, 0.3) is 0 Å². The van der Waals surface area contributed by atoms with Crippen LogP contribution in [0, 0.1) is 11.3 Å². The number of hydrogen-bond donors (Lipinski definition) is 1. The zero-order valence-electron chi connectivity index (χ0n) is 12.4. The van der Waals surface area contributed by atoms with E-state index in [0.717, 1.165) is 10.0 Å². The standard InChI is InChI=1S/C17H14BrN3O2/c1-12(23-20-11-14-7-2-4-8-15(14)18)17(22)21-16-9-5-3-6-13(16)10-19/h2-9,11-12H,1H3,(H,21,22)/b20-11-/t12-/m1/s1. The molecule has 1 N–H and O–H groups in total. The summed E-state index contributed by atoms with van der Waals surface area (Å²) in [5, 5.41) is 15.5. The number of nitriles is 1. The number of oxime groups is 1. The Morgan fingerprint density at radius 2 is 2.00 bits per heavy atom. The van der Waals surface area contributed by atoms with Crippen molar-refractivity contribution in [3.05, 3.63) is 64.1 Å². The molecule has 6 heteroatoms. The lowest BCUT2D eigenvalue weighted by atomic mass is 10.2. The van der Waals surface area contributed by atoms with E-state index in [2.05, 4.69) is 26.4 Å². The molecule has 0 fully saturated rings. The molecule has 2 rings (SSSR count). The third-order valence-electron chi connectivity index (χ3n) is 2.99. The van der Waals surface area contributed by atoms with Crippen molar-refractivity contribution >= 4 is 33.7 Å². The SMILES string of the molecule is C[C@@H](O/N=C\c1ccccc1Br)C(=O)Nc1ccccc1C#N. The number of nitrogens with one attached hydrogen (secondary N) is 1. The Bertz CT molecular complexity index is 768. The summed E-state index contributed by atoms with van der Waals surface area (Å²) in [5.74, 6) is -0.378. The van der Waals surface area contributed by atoms with E-state index in [1.165, 1.54) is 6.21 Å². The van der Waals surface area contributed by atoms with Crippen molar-refractivity contribution in [3.8, 4) is 6.07 Å². The molecule has 1 atom stereocenters. The summed E-state index contributed by atoms with van der Waals surface area (Å²) in [5.41, 5.74) is 1.69. The summed E-state index contributed by atoms with van der Waals surface area (Å²) < 4.78 is 0.882. The number of para-hydroxylation sites is 1. The lowest BCUT2D eigenvalue weighted by Crippen LogP contribution is -2.26. The van der Waals surface area contributed by atoms with Gasteiger partial charge in [-0.15, -0.1) is 0 Å². The van der Waals surface area contributed by atoms with Crippen LogP contribution in [0.1, 0.15) is 18.1 Å². The molecule has 23 heavy (non-hydrogen) atoms. The Kier molecular flexibility index (Phi) is 5.89. The van der Waals surface area contributed by atoms with E-state index in [-0.39, 0.29) is 5.91 Å². The first-order valence-corrected chi connectivity index (χ1v) is 7.65. The van der Waals surface area contributed by atoms with E-state index in [1.807, 2.05) is 30.3 Å². The minimum absolute atomic E-state index is 0.378. The highest BCUT2D eigenvalue weighted by Crippen LogP contribution is 2.15. The number of anilines is 1. The predicted octanol–water partition coefficient (Wildman–Crippen LogP) is 3.70. The fourth-order valence-electron chi connectivity index (χ4n) is 1.73. The summed E-state index contributed by atoms with van der Waals surface area (Å²) in [6.45, 7) is 1.59. The first-order valence-electron chi connectivity index (χ1n) is 6.85. The molecule has 0 bridgehead atoms. The van der Waals surface area contributed by atoms with Gasteiger partial charge in [-0.3, -0.25) is 4.79 Å². The van der Waals surface area contributed by atoms with Crippen molar-refractivity contribution in [2.45, 2.75) is 13.0 Å². The van der Waals surface area contributed by atoms with Gasteiger partial charge in [0, 0.05) is 10.0 Å². The molecule has 5 nitrogen and oxygen atoms in total. The van der Waals surface area contributed by atoms with Crippen molar-refractivity contribution in [2.75, 3.05) is 5.32 Å². The number of hydrogen-bond acceptors (Lipinski definition) is 4. The molecule has 0 saturated carbocycles. The van der Waals surface area contributed by atoms with Crippen molar-refractivity contribution in [2.24, 2.45) is 5.16 Å². The molecule has 0 spiro atoms. The van der Waals surface area contributed by atoms with Gasteiger partial charge in [-0.05, 0) is 25.1 Å². The first-order chi connectivity index (χ1) is 11.1. The van der Waals surface area contributed by atoms with E-state index in [4.69, 9.17) is 10.1 Å². The Morgan fingerprint density at radius 3 is 2.74 bits per heavy atom. The number of rotatable bonds is 5. The Labute approximate surface area is 142 Å². The third-order valence-corrected chi connectivity index (χ3v) is 3.71. The van der Waals surface area contributed by atoms with Crippen LogP contribution >= 0.6 is 15.9 Å². The van der Waals surface area contributed by atoms with Gasteiger partial charge in [0.1, 0.15) is 6.07 Å². The molecule has 0 saturated heterocycles. The molecule has 0 aliphatic rings. The van der Waals surface area contributed by atoms with E-state index < -0.39 is 6.10 Å². The fraction of sp³-hybridized carbons (Fsp3) is 0.118. The van der Waals surface area contributed by atoms with Gasteiger partial charge in [0.15, 0.2) is 0 Å². The van der Waals surface area contributed by atoms with Crippen molar-refractivity contribution in [3.63, 3.8) is 0 Å². The highest BCUT2D eigenvalue weighted by molar-refractivity contribution is 9.10. The normalized spacial score (nSPS) is 11.7. The molecule has 2 aromatic rings. The number of halogens is 1. The maximum absolute atomic E-state index is 12.1. The van der Waals surface area contributed by atoms with E-state index >= 15 is 0 Å². The van der Waals surface area contributed by atoms with Gasteiger partial charge in [0.05, 0.1) is 17.5 Å². The van der Waals surface area contributed by atoms with Crippen LogP contribution in [0.5, 0.6) is 0 Å². The van der Waals surface area contributed by atoms with E-state index in [9.17, 15) is 4.79 Å². The molecule has 0 unspecified atom stereocenters. The van der Waals surface area contributed by atoms with Gasteiger partial charge in [-0.2, -0.15) is 5.26 Å². The maximum Gasteiger partial charge on any atom is 0.268 e. The highest BCUT2D eigenvalue weighted by atomic mass is 79.9. The number of benzene rings is 2. The summed E-state index contributed by atoms with van der Waals surface area (Å²) >= 11 is 3.40. The molecule has 0 aromatic heterocycles. The molecule has 0 aliphatic carbocycles. The summed E-state index contributed by atoms with van der Waals surface area (Å²) in [7, 11) is 0. The molecule has 116 valence electrons. The van der Waals surface area contributed by atoms with Crippen molar-refractivity contribution in [1.29, 1.82) is 5.26 Å². The number of carbonyl (C=O) groups excluding carboxylic acids is 1. The molecule has 0 radical (unpaired) electrons. The van der Waals surface area contributed by atoms with Gasteiger partial charge in [-0.1, -0.05) is 51.4 Å². The van der Waals surface area contributed by atoms with Crippen molar-refractivity contribution < 1.29 is 9.63 Å². The molecule has 2 aromatic carbocycles. The largest absolute Gasteiger partial charge is 0.383 e.